The highest BCUT2D eigenvalue weighted by Gasteiger charge is 2.32. The Bertz CT molecular complexity index is 1220. The molecule has 0 aliphatic carbocycles. The Morgan fingerprint density at radius 2 is 0.829 bits per heavy atom. The van der Waals surface area contributed by atoms with E-state index in [0.717, 1.165) is 0 Å². The number of nitrogens with zero attached hydrogens (tertiary/aromatic N) is 3. The summed E-state index contributed by atoms with van der Waals surface area (Å²) in [6, 6.07) is 19.3. The van der Waals surface area contributed by atoms with E-state index in [-0.39, 0.29) is 17.1 Å². The minimum absolute atomic E-state index is 0.232. The standard InChI is InChI=1S/C21H12N3O7PS3/c25-13-22-16-7-1-4-10-19(16)33-29-32(28,30-34-20-11-5-2-8-17(20)23-14-26)31-35-21-12-6-3-9-18(21)24-15-27/h1-12H. The van der Waals surface area contributed by atoms with Gasteiger partial charge in [-0.15, -0.1) is 0 Å². The predicted octanol–water partition coefficient (Wildman–Crippen LogP) is 7.17. The topological polar surface area (TPSA) is 133 Å². The molecule has 3 rings (SSSR count). The number of isocyanates is 3. The van der Waals surface area contributed by atoms with Crippen LogP contribution in [0.4, 0.5) is 17.1 Å². The Morgan fingerprint density at radius 1 is 0.543 bits per heavy atom. The molecule has 3 aromatic rings. The van der Waals surface area contributed by atoms with Crippen LogP contribution in [0.3, 0.4) is 0 Å². The van der Waals surface area contributed by atoms with E-state index in [2.05, 4.69) is 15.0 Å². The van der Waals surface area contributed by atoms with E-state index in [1.54, 1.807) is 54.6 Å². The number of aliphatic imine (C=N–C) groups is 3. The van der Waals surface area contributed by atoms with Crippen molar-refractivity contribution in [2.45, 2.75) is 14.7 Å². The molecule has 0 N–H and O–H groups in total. The summed E-state index contributed by atoms with van der Waals surface area (Å²) < 4.78 is 29.8. The second kappa shape index (κ2) is 13.7. The predicted molar refractivity (Wildman–Crippen MR) is 131 cm³/mol. The molecule has 0 unspecified atom stereocenters. The van der Waals surface area contributed by atoms with Crippen molar-refractivity contribution in [1.29, 1.82) is 0 Å². The van der Waals surface area contributed by atoms with Crippen molar-refractivity contribution in [2.75, 3.05) is 0 Å². The van der Waals surface area contributed by atoms with Gasteiger partial charge < -0.3 is 0 Å². The first-order valence-corrected chi connectivity index (χ1v) is 13.0. The second-order valence-corrected chi connectivity index (χ2v) is 10.4. The Labute approximate surface area is 212 Å². The van der Waals surface area contributed by atoms with Gasteiger partial charge in [0, 0.05) is 36.1 Å². The third-order valence-corrected chi connectivity index (χ3v) is 8.41. The summed E-state index contributed by atoms with van der Waals surface area (Å²) in [5.41, 5.74) is 0.696. The number of benzene rings is 3. The Morgan fingerprint density at radius 3 is 1.11 bits per heavy atom. The van der Waals surface area contributed by atoms with Crippen molar-refractivity contribution < 1.29 is 30.9 Å². The van der Waals surface area contributed by atoms with Crippen LogP contribution in [0.15, 0.2) is 102 Å². The van der Waals surface area contributed by atoms with Crippen LogP contribution in [0.25, 0.3) is 0 Å². The molecule has 0 amide bonds. The summed E-state index contributed by atoms with van der Waals surface area (Å²) >= 11 is 1.83. The number of phosphoric acid groups is 1. The van der Waals surface area contributed by atoms with E-state index in [4.69, 9.17) is 11.9 Å². The molecular weight excluding hydrogens is 533 g/mol. The van der Waals surface area contributed by atoms with E-state index >= 15 is 0 Å². The molecule has 0 heterocycles. The lowest BCUT2D eigenvalue weighted by Crippen LogP contribution is -1.89. The fourth-order valence-electron chi connectivity index (χ4n) is 2.30. The van der Waals surface area contributed by atoms with Crippen molar-refractivity contribution in [2.24, 2.45) is 15.0 Å². The first-order valence-electron chi connectivity index (χ1n) is 9.28. The Balaban J connectivity index is 1.84. The maximum Gasteiger partial charge on any atom is 0.509 e. The molecule has 10 nitrogen and oxygen atoms in total. The highest BCUT2D eigenvalue weighted by molar-refractivity contribution is 8.04. The molecule has 0 atom stereocenters. The average molecular weight is 546 g/mol. The average Bonchev–Trinajstić information content (AvgIpc) is 2.88. The summed E-state index contributed by atoms with van der Waals surface area (Å²) in [5.74, 6) is 0. The molecule has 0 fully saturated rings. The quantitative estimate of drug-likeness (QED) is 0.0998. The van der Waals surface area contributed by atoms with Gasteiger partial charge in [0.2, 0.25) is 18.2 Å². The number of carbonyl (C=O) groups excluding carboxylic acids is 3. The summed E-state index contributed by atoms with van der Waals surface area (Å²) in [5, 5.41) is 0. The fourth-order valence-corrected chi connectivity index (χ4v) is 6.33. The van der Waals surface area contributed by atoms with Crippen LogP contribution in [-0.4, -0.2) is 18.2 Å². The van der Waals surface area contributed by atoms with E-state index in [1.165, 1.54) is 36.4 Å². The molecule has 3 aromatic carbocycles. The highest BCUT2D eigenvalue weighted by Crippen LogP contribution is 2.62. The number of para-hydroxylation sites is 3. The Kier molecular flexibility index (Phi) is 10.4. The monoisotopic (exact) mass is 545 g/mol. The van der Waals surface area contributed by atoms with E-state index in [9.17, 15) is 18.9 Å². The maximum atomic E-state index is 13.5. The van der Waals surface area contributed by atoms with Crippen LogP contribution >= 0.6 is 44.0 Å². The van der Waals surface area contributed by atoms with Crippen molar-refractivity contribution >= 4 is 79.3 Å². The third kappa shape index (κ3) is 8.00. The maximum absolute atomic E-state index is 13.5. The lowest BCUT2D eigenvalue weighted by atomic mass is 10.3. The van der Waals surface area contributed by atoms with Gasteiger partial charge in [0.25, 0.3) is 0 Å². The van der Waals surface area contributed by atoms with Gasteiger partial charge in [0.15, 0.2) is 0 Å². The largest absolute Gasteiger partial charge is 0.509 e. The first-order chi connectivity index (χ1) is 17.1. The number of hydrogen-bond acceptors (Lipinski definition) is 13. The van der Waals surface area contributed by atoms with Gasteiger partial charge in [-0.25, -0.2) is 30.9 Å². The molecule has 0 radical (unpaired) electrons. The zero-order chi connectivity index (χ0) is 24.9. The van der Waals surface area contributed by atoms with Crippen LogP contribution < -0.4 is 0 Å². The van der Waals surface area contributed by atoms with Gasteiger partial charge in [-0.05, 0) is 36.4 Å². The molecule has 176 valence electrons. The molecular formula is C21H12N3O7PS3. The third-order valence-electron chi connectivity index (χ3n) is 3.75. The van der Waals surface area contributed by atoms with Crippen LogP contribution in [0.1, 0.15) is 0 Å². The van der Waals surface area contributed by atoms with Crippen molar-refractivity contribution in [3.63, 3.8) is 0 Å². The zero-order valence-electron chi connectivity index (χ0n) is 17.3. The van der Waals surface area contributed by atoms with Crippen molar-refractivity contribution in [1.82, 2.24) is 0 Å². The highest BCUT2D eigenvalue weighted by atomic mass is 32.2. The minimum atomic E-state index is -4.36. The molecule has 0 aromatic heterocycles. The van der Waals surface area contributed by atoms with Crippen molar-refractivity contribution in [3.8, 4) is 0 Å². The van der Waals surface area contributed by atoms with Gasteiger partial charge >= 0.3 is 7.82 Å². The number of hydrogen-bond donors (Lipinski definition) is 0. The smallest absolute Gasteiger partial charge is 0.225 e. The SMILES string of the molecule is O=C=Nc1ccccc1SOP(=O)(OSc1ccccc1N=C=O)OSc1ccccc1N=C=O. The first kappa shape index (κ1) is 26.6. The molecule has 0 aliphatic heterocycles. The number of rotatable bonds is 12. The molecule has 14 heteroatoms. The molecule has 0 spiro atoms. The molecule has 0 saturated heterocycles. The van der Waals surface area contributed by atoms with E-state index in [0.29, 0.717) is 50.8 Å². The normalized spacial score (nSPS) is 11.9. The summed E-state index contributed by atoms with van der Waals surface area (Å²) in [6.45, 7) is 0. The van der Waals surface area contributed by atoms with Crippen molar-refractivity contribution in [3.05, 3.63) is 72.8 Å². The summed E-state index contributed by atoms with van der Waals surface area (Å²) in [6.07, 6.45) is 4.30. The summed E-state index contributed by atoms with van der Waals surface area (Å²) in [7, 11) is -4.36. The molecule has 35 heavy (non-hydrogen) atoms. The Hall–Kier alpha value is -3.04. The van der Waals surface area contributed by atoms with Crippen LogP contribution in [0.5, 0.6) is 0 Å². The lowest BCUT2D eigenvalue weighted by molar-refractivity contribution is 0.350. The lowest BCUT2D eigenvalue weighted by Gasteiger charge is -2.16. The van der Waals surface area contributed by atoms with Crippen LogP contribution in [-0.2, 0) is 30.9 Å². The van der Waals surface area contributed by atoms with Gasteiger partial charge in [-0.2, -0.15) is 15.0 Å². The summed E-state index contributed by atoms with van der Waals surface area (Å²) in [4.78, 5) is 43.8. The van der Waals surface area contributed by atoms with Crippen LogP contribution in [0, 0.1) is 0 Å². The van der Waals surface area contributed by atoms with Crippen LogP contribution in [0.2, 0.25) is 0 Å². The molecule has 0 bridgehead atoms. The van der Waals surface area contributed by atoms with Gasteiger partial charge in [-0.1, -0.05) is 36.4 Å². The second-order valence-electron chi connectivity index (χ2n) is 5.93. The van der Waals surface area contributed by atoms with Gasteiger partial charge in [-0.3, -0.25) is 0 Å². The van der Waals surface area contributed by atoms with E-state index in [1.807, 2.05) is 0 Å². The van der Waals surface area contributed by atoms with Gasteiger partial charge in [0.05, 0.1) is 31.7 Å². The minimum Gasteiger partial charge on any atom is -0.225 e. The van der Waals surface area contributed by atoms with Gasteiger partial charge in [0.1, 0.15) is 0 Å². The molecule has 0 saturated carbocycles. The fraction of sp³-hybridized carbons (Fsp3) is 0. The van der Waals surface area contributed by atoms with E-state index < -0.39 is 7.82 Å². The molecule has 0 aliphatic rings. The zero-order valence-corrected chi connectivity index (χ0v) is 20.6.